The van der Waals surface area contributed by atoms with Crippen LogP contribution in [0.4, 0.5) is 18.9 Å². The van der Waals surface area contributed by atoms with Gasteiger partial charge in [0.25, 0.3) is 11.5 Å². The third-order valence-electron chi connectivity index (χ3n) is 5.23. The molecule has 0 unspecified atom stereocenters. The van der Waals surface area contributed by atoms with Gasteiger partial charge in [-0.25, -0.2) is 9.78 Å². The van der Waals surface area contributed by atoms with Crippen molar-refractivity contribution in [3.8, 4) is 5.75 Å². The third-order valence-corrected chi connectivity index (χ3v) is 5.23. The Labute approximate surface area is 207 Å². The van der Waals surface area contributed by atoms with Gasteiger partial charge in [0, 0.05) is 17.8 Å². The first-order valence-electron chi connectivity index (χ1n) is 10.9. The molecule has 1 amide bonds. The lowest BCUT2D eigenvalue weighted by Gasteiger charge is -2.13. The SMILES string of the molecule is Cc1cc2nc(COC(=O)c3cccc(NC(=O)COc4cccc(C(F)(F)F)c4)c3C)cc(=O)n2o1. The molecule has 0 aliphatic carbocycles. The fraction of sp³-hybridized carbons (Fsp3) is 0.200. The Morgan fingerprint density at radius 3 is 2.59 bits per heavy atom. The largest absolute Gasteiger partial charge is 0.484 e. The number of hydrogen-bond donors (Lipinski definition) is 1. The quantitative estimate of drug-likeness (QED) is 0.365. The van der Waals surface area contributed by atoms with Crippen molar-refractivity contribution in [2.75, 3.05) is 11.9 Å². The predicted octanol–water partition coefficient (Wildman–Crippen LogP) is 4.30. The number of hydrogen-bond acceptors (Lipinski definition) is 7. The van der Waals surface area contributed by atoms with Crippen LogP contribution in [-0.2, 0) is 22.3 Å². The van der Waals surface area contributed by atoms with Crippen LogP contribution in [0, 0.1) is 13.8 Å². The molecule has 0 atom stereocenters. The highest BCUT2D eigenvalue weighted by molar-refractivity contribution is 5.97. The maximum absolute atomic E-state index is 12.8. The molecule has 37 heavy (non-hydrogen) atoms. The minimum Gasteiger partial charge on any atom is -0.484 e. The lowest BCUT2D eigenvalue weighted by atomic mass is 10.1. The second-order valence-corrected chi connectivity index (χ2v) is 8.00. The number of ether oxygens (including phenoxy) is 2. The van der Waals surface area contributed by atoms with Crippen molar-refractivity contribution in [2.24, 2.45) is 0 Å². The van der Waals surface area contributed by atoms with Crippen molar-refractivity contribution >= 4 is 23.2 Å². The molecule has 0 bridgehead atoms. The number of benzene rings is 2. The Morgan fingerprint density at radius 2 is 1.84 bits per heavy atom. The first-order chi connectivity index (χ1) is 17.5. The molecule has 2 aromatic carbocycles. The van der Waals surface area contributed by atoms with Crippen molar-refractivity contribution < 1.29 is 36.8 Å². The minimum atomic E-state index is -4.54. The van der Waals surface area contributed by atoms with Gasteiger partial charge in [-0.2, -0.15) is 13.2 Å². The molecule has 12 heteroatoms. The average Bonchev–Trinajstić information content (AvgIpc) is 3.23. The maximum atomic E-state index is 12.8. The number of aryl methyl sites for hydroxylation is 1. The van der Waals surface area contributed by atoms with Crippen LogP contribution >= 0.6 is 0 Å². The second kappa shape index (κ2) is 10.2. The van der Waals surface area contributed by atoms with E-state index in [0.29, 0.717) is 17.0 Å². The minimum absolute atomic E-state index is 0.115. The molecule has 0 aliphatic heterocycles. The van der Waals surface area contributed by atoms with E-state index in [1.54, 1.807) is 26.0 Å². The van der Waals surface area contributed by atoms with Crippen LogP contribution in [0.5, 0.6) is 5.75 Å². The Bertz CT molecular complexity index is 1540. The summed E-state index contributed by atoms with van der Waals surface area (Å²) in [4.78, 5) is 41.3. The molecule has 1 N–H and O–H groups in total. The lowest BCUT2D eigenvalue weighted by Crippen LogP contribution is -2.21. The predicted molar refractivity (Wildman–Crippen MR) is 124 cm³/mol. The molecule has 0 saturated heterocycles. The van der Waals surface area contributed by atoms with Crippen LogP contribution in [0.1, 0.15) is 32.9 Å². The Hall–Kier alpha value is -4.61. The normalized spacial score (nSPS) is 11.4. The maximum Gasteiger partial charge on any atom is 0.416 e. The fourth-order valence-corrected chi connectivity index (χ4v) is 3.45. The van der Waals surface area contributed by atoms with E-state index in [4.69, 9.17) is 14.0 Å². The molecule has 9 nitrogen and oxygen atoms in total. The van der Waals surface area contributed by atoms with E-state index in [1.165, 1.54) is 30.3 Å². The number of nitrogens with one attached hydrogen (secondary N) is 1. The van der Waals surface area contributed by atoms with Gasteiger partial charge in [0.2, 0.25) is 0 Å². The van der Waals surface area contributed by atoms with Crippen molar-refractivity contribution in [2.45, 2.75) is 26.6 Å². The Morgan fingerprint density at radius 1 is 1.08 bits per heavy atom. The zero-order valence-electron chi connectivity index (χ0n) is 19.6. The van der Waals surface area contributed by atoms with E-state index in [0.717, 1.165) is 16.7 Å². The number of halogens is 3. The van der Waals surface area contributed by atoms with Gasteiger partial charge in [0.05, 0.1) is 16.8 Å². The molecule has 0 radical (unpaired) electrons. The number of anilines is 1. The van der Waals surface area contributed by atoms with Gasteiger partial charge in [-0.15, -0.1) is 4.57 Å². The summed E-state index contributed by atoms with van der Waals surface area (Å²) >= 11 is 0. The molecular weight excluding hydrogens is 495 g/mol. The first kappa shape index (κ1) is 25.5. The first-order valence-corrected chi connectivity index (χ1v) is 10.9. The molecule has 0 fully saturated rings. The summed E-state index contributed by atoms with van der Waals surface area (Å²) in [5, 5.41) is 2.56. The van der Waals surface area contributed by atoms with E-state index in [1.807, 2.05) is 0 Å². The standard InChI is InChI=1S/C25H20F3N3O6/c1-14-9-21-29-17(11-23(33)31(21)37-14)12-36-24(34)19-7-4-8-20(15(19)2)30-22(32)13-35-18-6-3-5-16(10-18)25(26,27)28/h3-11H,12-13H2,1-2H3,(H,30,32). The van der Waals surface area contributed by atoms with Crippen molar-refractivity contribution in [1.29, 1.82) is 0 Å². The van der Waals surface area contributed by atoms with Crippen molar-refractivity contribution in [3.05, 3.63) is 93.1 Å². The highest BCUT2D eigenvalue weighted by Crippen LogP contribution is 2.31. The van der Waals surface area contributed by atoms with Crippen LogP contribution in [0.25, 0.3) is 5.65 Å². The van der Waals surface area contributed by atoms with E-state index < -0.39 is 35.8 Å². The van der Waals surface area contributed by atoms with Crippen LogP contribution in [0.15, 0.2) is 63.9 Å². The number of rotatable bonds is 7. The summed E-state index contributed by atoms with van der Waals surface area (Å²) in [6, 6.07) is 11.5. The van der Waals surface area contributed by atoms with Gasteiger partial charge in [0.15, 0.2) is 12.3 Å². The van der Waals surface area contributed by atoms with Crippen LogP contribution in [-0.4, -0.2) is 28.0 Å². The van der Waals surface area contributed by atoms with E-state index >= 15 is 0 Å². The zero-order valence-corrected chi connectivity index (χ0v) is 19.6. The molecular formula is C25H20F3N3O6. The van der Waals surface area contributed by atoms with E-state index in [9.17, 15) is 27.6 Å². The van der Waals surface area contributed by atoms with Crippen molar-refractivity contribution in [1.82, 2.24) is 9.56 Å². The van der Waals surface area contributed by atoms with Crippen LogP contribution < -0.4 is 15.6 Å². The fourth-order valence-electron chi connectivity index (χ4n) is 3.45. The molecule has 4 aromatic rings. The number of amides is 1. The number of carbonyl (C=O) groups excluding carboxylic acids is 2. The summed E-state index contributed by atoms with van der Waals surface area (Å²) in [6.07, 6.45) is -4.54. The molecule has 0 saturated carbocycles. The molecule has 0 aliphatic rings. The monoisotopic (exact) mass is 515 g/mol. The summed E-state index contributed by atoms with van der Waals surface area (Å²) in [5.41, 5.74) is 0.00328. The second-order valence-electron chi connectivity index (χ2n) is 8.00. The van der Waals surface area contributed by atoms with Gasteiger partial charge in [-0.3, -0.25) is 9.59 Å². The van der Waals surface area contributed by atoms with Gasteiger partial charge < -0.3 is 19.3 Å². The summed E-state index contributed by atoms with van der Waals surface area (Å²) in [5.74, 6) is -0.969. The average molecular weight is 515 g/mol. The molecule has 2 aromatic heterocycles. The smallest absolute Gasteiger partial charge is 0.416 e. The number of carbonyl (C=O) groups is 2. The van der Waals surface area contributed by atoms with E-state index in [2.05, 4.69) is 10.3 Å². The van der Waals surface area contributed by atoms with Gasteiger partial charge >= 0.3 is 12.1 Å². The van der Waals surface area contributed by atoms with Crippen LogP contribution in [0.2, 0.25) is 0 Å². The topological polar surface area (TPSA) is 112 Å². The molecule has 0 spiro atoms. The number of aromatic nitrogens is 2. The number of fused-ring (bicyclic) bond motifs is 1. The summed E-state index contributed by atoms with van der Waals surface area (Å²) in [6.45, 7) is 2.44. The highest BCUT2D eigenvalue weighted by Gasteiger charge is 2.30. The zero-order chi connectivity index (χ0) is 26.7. The van der Waals surface area contributed by atoms with Crippen LogP contribution in [0.3, 0.4) is 0 Å². The summed E-state index contributed by atoms with van der Waals surface area (Å²) < 4.78 is 55.2. The van der Waals surface area contributed by atoms with Crippen molar-refractivity contribution in [3.63, 3.8) is 0 Å². The molecule has 2 heterocycles. The van der Waals surface area contributed by atoms with E-state index in [-0.39, 0.29) is 29.3 Å². The highest BCUT2D eigenvalue weighted by atomic mass is 19.4. The Kier molecular flexibility index (Phi) is 7.00. The number of alkyl halides is 3. The summed E-state index contributed by atoms with van der Waals surface area (Å²) in [7, 11) is 0. The lowest BCUT2D eigenvalue weighted by molar-refractivity contribution is -0.137. The molecule has 192 valence electrons. The van der Waals surface area contributed by atoms with Gasteiger partial charge in [-0.1, -0.05) is 12.1 Å². The van der Waals surface area contributed by atoms with Gasteiger partial charge in [0.1, 0.15) is 18.1 Å². The molecule has 4 rings (SSSR count). The Balaban J connectivity index is 1.39. The van der Waals surface area contributed by atoms with Gasteiger partial charge in [-0.05, 0) is 49.7 Å². The third kappa shape index (κ3) is 5.97. The number of esters is 1. The number of nitrogens with zero attached hydrogens (tertiary/aromatic N) is 2.